The molecule has 3 rings (SSSR count). The number of nitrogens with one attached hydrogen (secondary N) is 1. The molecule has 0 unspecified atom stereocenters. The van der Waals surface area contributed by atoms with Crippen molar-refractivity contribution < 1.29 is 0 Å². The Hall–Kier alpha value is -1.10. The SMILES string of the molecule is CN=C(NCCc1csc(C)n1)N1CCC2(CCC2)C1. The third kappa shape index (κ3) is 2.82. The zero-order valence-electron chi connectivity index (χ0n) is 12.5. The number of aromatic nitrogens is 1. The van der Waals surface area contributed by atoms with Crippen LogP contribution >= 0.6 is 11.3 Å². The van der Waals surface area contributed by atoms with Gasteiger partial charge in [0.1, 0.15) is 0 Å². The Labute approximate surface area is 125 Å². The van der Waals surface area contributed by atoms with Crippen LogP contribution in [0.2, 0.25) is 0 Å². The molecule has 110 valence electrons. The molecule has 1 N–H and O–H groups in total. The van der Waals surface area contributed by atoms with Gasteiger partial charge >= 0.3 is 0 Å². The molecule has 0 amide bonds. The van der Waals surface area contributed by atoms with Crippen molar-refractivity contribution in [1.82, 2.24) is 15.2 Å². The van der Waals surface area contributed by atoms with Crippen molar-refractivity contribution in [2.45, 2.75) is 39.0 Å². The maximum atomic E-state index is 4.50. The summed E-state index contributed by atoms with van der Waals surface area (Å²) in [7, 11) is 1.89. The third-order valence-electron chi connectivity index (χ3n) is 4.69. The Morgan fingerprint density at radius 3 is 2.90 bits per heavy atom. The average Bonchev–Trinajstić information content (AvgIpc) is 3.01. The highest BCUT2D eigenvalue weighted by Crippen LogP contribution is 2.47. The fourth-order valence-electron chi connectivity index (χ4n) is 3.36. The fourth-order valence-corrected chi connectivity index (χ4v) is 4.01. The van der Waals surface area contributed by atoms with Crippen molar-refractivity contribution in [3.63, 3.8) is 0 Å². The first kappa shape index (κ1) is 13.9. The lowest BCUT2D eigenvalue weighted by Gasteiger charge is -2.38. The molecule has 0 aromatic carbocycles. The van der Waals surface area contributed by atoms with Crippen molar-refractivity contribution in [1.29, 1.82) is 0 Å². The van der Waals surface area contributed by atoms with Crippen LogP contribution in [0.4, 0.5) is 0 Å². The van der Waals surface area contributed by atoms with Gasteiger partial charge in [0.2, 0.25) is 0 Å². The minimum atomic E-state index is 0.629. The third-order valence-corrected chi connectivity index (χ3v) is 5.52. The van der Waals surface area contributed by atoms with Gasteiger partial charge in [-0.1, -0.05) is 6.42 Å². The van der Waals surface area contributed by atoms with Crippen LogP contribution in [0.1, 0.15) is 36.4 Å². The second kappa shape index (κ2) is 5.72. The summed E-state index contributed by atoms with van der Waals surface area (Å²) in [5.41, 5.74) is 1.82. The summed E-state index contributed by atoms with van der Waals surface area (Å²) in [4.78, 5) is 11.4. The highest BCUT2D eigenvalue weighted by atomic mass is 32.1. The van der Waals surface area contributed by atoms with Crippen molar-refractivity contribution in [2.24, 2.45) is 10.4 Å². The Balaban J connectivity index is 1.48. The van der Waals surface area contributed by atoms with E-state index < -0.39 is 0 Å². The van der Waals surface area contributed by atoms with E-state index in [9.17, 15) is 0 Å². The molecule has 1 spiro atoms. The number of hydrogen-bond acceptors (Lipinski definition) is 3. The molecule has 0 atom stereocenters. The number of likely N-dealkylation sites (tertiary alicyclic amines) is 1. The topological polar surface area (TPSA) is 40.5 Å². The van der Waals surface area contributed by atoms with Gasteiger partial charge in [-0.2, -0.15) is 0 Å². The minimum Gasteiger partial charge on any atom is -0.356 e. The molecule has 0 radical (unpaired) electrons. The van der Waals surface area contributed by atoms with Gasteiger partial charge in [-0.3, -0.25) is 4.99 Å². The number of nitrogens with zero attached hydrogens (tertiary/aromatic N) is 3. The van der Waals surface area contributed by atoms with Gasteiger partial charge in [0.25, 0.3) is 0 Å². The largest absolute Gasteiger partial charge is 0.356 e. The molecule has 2 heterocycles. The van der Waals surface area contributed by atoms with E-state index in [1.807, 2.05) is 7.05 Å². The first-order chi connectivity index (χ1) is 9.71. The van der Waals surface area contributed by atoms with Gasteiger partial charge in [0.15, 0.2) is 5.96 Å². The van der Waals surface area contributed by atoms with Crippen molar-refractivity contribution in [3.05, 3.63) is 16.1 Å². The van der Waals surface area contributed by atoms with E-state index in [-0.39, 0.29) is 0 Å². The van der Waals surface area contributed by atoms with E-state index >= 15 is 0 Å². The van der Waals surface area contributed by atoms with Gasteiger partial charge in [-0.15, -0.1) is 11.3 Å². The molecule has 1 aliphatic carbocycles. The maximum Gasteiger partial charge on any atom is 0.193 e. The lowest BCUT2D eigenvalue weighted by Crippen LogP contribution is -2.43. The van der Waals surface area contributed by atoms with Crippen molar-refractivity contribution >= 4 is 17.3 Å². The Morgan fingerprint density at radius 2 is 2.35 bits per heavy atom. The van der Waals surface area contributed by atoms with E-state index in [0.29, 0.717) is 5.41 Å². The molecule has 2 aliphatic rings. The van der Waals surface area contributed by atoms with Crippen molar-refractivity contribution in [2.75, 3.05) is 26.7 Å². The van der Waals surface area contributed by atoms with E-state index in [0.717, 1.165) is 30.5 Å². The van der Waals surface area contributed by atoms with Crippen LogP contribution in [0.5, 0.6) is 0 Å². The molecular weight excluding hydrogens is 268 g/mol. The summed E-state index contributed by atoms with van der Waals surface area (Å²) >= 11 is 1.73. The summed E-state index contributed by atoms with van der Waals surface area (Å²) in [6, 6.07) is 0. The number of aliphatic imine (C=N–C) groups is 1. The summed E-state index contributed by atoms with van der Waals surface area (Å²) in [5.74, 6) is 1.07. The summed E-state index contributed by atoms with van der Waals surface area (Å²) < 4.78 is 0. The molecule has 1 saturated carbocycles. The van der Waals surface area contributed by atoms with Crippen LogP contribution in [-0.4, -0.2) is 42.5 Å². The van der Waals surface area contributed by atoms with Crippen LogP contribution in [0.15, 0.2) is 10.4 Å². The number of guanidine groups is 1. The molecule has 0 bridgehead atoms. The number of hydrogen-bond donors (Lipinski definition) is 1. The number of aryl methyl sites for hydroxylation is 1. The number of rotatable bonds is 3. The van der Waals surface area contributed by atoms with Crippen LogP contribution in [0.3, 0.4) is 0 Å². The van der Waals surface area contributed by atoms with Crippen molar-refractivity contribution in [3.8, 4) is 0 Å². The van der Waals surface area contributed by atoms with Crippen LogP contribution in [-0.2, 0) is 6.42 Å². The zero-order chi connectivity index (χ0) is 14.0. The highest BCUT2D eigenvalue weighted by molar-refractivity contribution is 7.09. The Kier molecular flexibility index (Phi) is 3.96. The zero-order valence-corrected chi connectivity index (χ0v) is 13.3. The Morgan fingerprint density at radius 1 is 1.50 bits per heavy atom. The first-order valence-electron chi connectivity index (χ1n) is 7.57. The highest BCUT2D eigenvalue weighted by Gasteiger charge is 2.43. The molecule has 1 aromatic rings. The average molecular weight is 292 g/mol. The first-order valence-corrected chi connectivity index (χ1v) is 8.45. The second-order valence-corrected chi connectivity index (χ2v) is 7.17. The monoisotopic (exact) mass is 292 g/mol. The van der Waals surface area contributed by atoms with E-state index in [1.54, 1.807) is 11.3 Å². The second-order valence-electron chi connectivity index (χ2n) is 6.11. The Bertz CT molecular complexity index is 490. The molecule has 4 nitrogen and oxygen atoms in total. The molecule has 1 saturated heterocycles. The van der Waals surface area contributed by atoms with Crippen LogP contribution in [0, 0.1) is 12.3 Å². The quantitative estimate of drug-likeness (QED) is 0.687. The predicted molar refractivity (Wildman–Crippen MR) is 84.4 cm³/mol. The lowest BCUT2D eigenvalue weighted by molar-refractivity contribution is 0.151. The van der Waals surface area contributed by atoms with Gasteiger partial charge in [0.05, 0.1) is 10.7 Å². The van der Waals surface area contributed by atoms with Gasteiger partial charge in [-0.25, -0.2) is 4.98 Å². The van der Waals surface area contributed by atoms with Crippen LogP contribution < -0.4 is 5.32 Å². The molecule has 2 fully saturated rings. The molecular formula is C15H24N4S. The predicted octanol–water partition coefficient (Wildman–Crippen LogP) is 2.45. The molecule has 5 heteroatoms. The fraction of sp³-hybridized carbons (Fsp3) is 0.733. The number of thiazole rings is 1. The van der Waals surface area contributed by atoms with E-state index in [2.05, 4.69) is 32.5 Å². The summed E-state index contributed by atoms with van der Waals surface area (Å²) in [6.07, 6.45) is 6.57. The molecule has 1 aromatic heterocycles. The van der Waals surface area contributed by atoms with E-state index in [4.69, 9.17) is 0 Å². The molecule has 20 heavy (non-hydrogen) atoms. The maximum absolute atomic E-state index is 4.50. The van der Waals surface area contributed by atoms with Gasteiger partial charge < -0.3 is 10.2 Å². The van der Waals surface area contributed by atoms with Crippen LogP contribution in [0.25, 0.3) is 0 Å². The standard InChI is InChI=1S/C15H24N4S/c1-12-18-13(10-20-12)4-8-17-14(16-2)19-9-7-15(11-19)5-3-6-15/h10H,3-9,11H2,1-2H3,(H,16,17). The lowest BCUT2D eigenvalue weighted by atomic mass is 9.68. The normalized spacial score (nSPS) is 21.3. The smallest absolute Gasteiger partial charge is 0.193 e. The summed E-state index contributed by atoms with van der Waals surface area (Å²) in [5, 5.41) is 6.80. The van der Waals surface area contributed by atoms with E-state index in [1.165, 1.54) is 37.9 Å². The minimum absolute atomic E-state index is 0.629. The van der Waals surface area contributed by atoms with Gasteiger partial charge in [-0.05, 0) is 31.6 Å². The summed E-state index contributed by atoms with van der Waals surface area (Å²) in [6.45, 7) is 5.33. The molecule has 1 aliphatic heterocycles. The van der Waals surface area contributed by atoms with Gasteiger partial charge in [0, 0.05) is 38.5 Å².